The van der Waals surface area contributed by atoms with Gasteiger partial charge in [0.15, 0.2) is 0 Å². The molecule has 1 unspecified atom stereocenters. The van der Waals surface area contributed by atoms with E-state index >= 15 is 0 Å². The number of amides is 1. The highest BCUT2D eigenvalue weighted by molar-refractivity contribution is 5.68. The van der Waals surface area contributed by atoms with Crippen molar-refractivity contribution >= 4 is 6.09 Å². The Kier molecular flexibility index (Phi) is 10.1. The Hall–Kier alpha value is -1.03. The molecular weight excluding hydrogens is 266 g/mol. The summed E-state index contributed by atoms with van der Waals surface area (Å²) in [6, 6.07) is 0. The van der Waals surface area contributed by atoms with Gasteiger partial charge in [-0.1, -0.05) is 32.9 Å². The van der Waals surface area contributed by atoms with Gasteiger partial charge in [-0.15, -0.1) is 0 Å². The minimum Gasteiger partial charge on any atom is -0.444 e. The van der Waals surface area contributed by atoms with Crippen molar-refractivity contribution in [1.82, 2.24) is 4.90 Å². The van der Waals surface area contributed by atoms with Crippen LogP contribution in [-0.2, 0) is 9.47 Å². The molecule has 0 saturated carbocycles. The molecule has 2 rings (SSSR count). The molecule has 4 heteroatoms. The number of hydrogen-bond donors (Lipinski definition) is 0. The van der Waals surface area contributed by atoms with E-state index in [0.29, 0.717) is 5.92 Å². The van der Waals surface area contributed by atoms with Gasteiger partial charge in [0.05, 0.1) is 13.2 Å². The molecule has 124 valence electrons. The smallest absolute Gasteiger partial charge is 0.410 e. The average molecular weight is 299 g/mol. The first-order valence-corrected chi connectivity index (χ1v) is 8.09. The molecule has 0 aromatic heterocycles. The second-order valence-electron chi connectivity index (χ2n) is 6.16. The van der Waals surface area contributed by atoms with Gasteiger partial charge in [0.2, 0.25) is 0 Å². The molecule has 1 atom stereocenters. The lowest BCUT2D eigenvalue weighted by atomic mass is 10.2. The van der Waals surface area contributed by atoms with Gasteiger partial charge in [-0.3, -0.25) is 0 Å². The lowest BCUT2D eigenvalue weighted by molar-refractivity contribution is 0.0289. The minimum atomic E-state index is -0.372. The first-order valence-electron chi connectivity index (χ1n) is 8.09. The molecule has 1 saturated heterocycles. The third-order valence-electron chi connectivity index (χ3n) is 2.89. The van der Waals surface area contributed by atoms with Crippen LogP contribution in [0.3, 0.4) is 0 Å². The van der Waals surface area contributed by atoms with Gasteiger partial charge in [0.25, 0.3) is 0 Å². The molecule has 1 fully saturated rings. The maximum Gasteiger partial charge on any atom is 0.410 e. The molecule has 0 N–H and O–H groups in total. The summed E-state index contributed by atoms with van der Waals surface area (Å²) in [5.41, 5.74) is -0.372. The molecule has 1 amide bonds. The summed E-state index contributed by atoms with van der Waals surface area (Å²) in [4.78, 5) is 13.3. The summed E-state index contributed by atoms with van der Waals surface area (Å²) < 4.78 is 10.2. The Labute approximate surface area is 130 Å². The fourth-order valence-electron chi connectivity index (χ4n) is 1.92. The van der Waals surface area contributed by atoms with Crippen molar-refractivity contribution in [3.8, 4) is 0 Å². The topological polar surface area (TPSA) is 38.8 Å². The maximum absolute atomic E-state index is 11.5. The van der Waals surface area contributed by atoms with Crippen molar-refractivity contribution in [3.05, 3.63) is 12.2 Å². The Morgan fingerprint density at radius 2 is 1.95 bits per heavy atom. The standard InChI is InChI=1S/C10H19NO2.C5H8O.C2H6/c1-8-5-6-11(7-8)9(12)13-10(2,3)4;1-2-4-6-5-3-1;1-2/h8H,5-7H2,1-4H3;1-2H,3-5H2;1-2H3. The first-order chi connectivity index (χ1) is 9.88. The molecule has 21 heavy (non-hydrogen) atoms. The van der Waals surface area contributed by atoms with Crippen LogP contribution in [0.15, 0.2) is 12.2 Å². The van der Waals surface area contributed by atoms with Gasteiger partial charge in [-0.25, -0.2) is 4.79 Å². The summed E-state index contributed by atoms with van der Waals surface area (Å²) in [6.45, 7) is 15.3. The third kappa shape index (κ3) is 10.4. The van der Waals surface area contributed by atoms with E-state index in [4.69, 9.17) is 9.47 Å². The maximum atomic E-state index is 11.5. The SMILES string of the molecule is C1=CCOCC1.CC.CC1CCN(C(=O)OC(C)(C)C)C1. The normalized spacial score (nSPS) is 20.9. The summed E-state index contributed by atoms with van der Waals surface area (Å²) in [6.07, 6.45) is 6.21. The van der Waals surface area contributed by atoms with Crippen LogP contribution >= 0.6 is 0 Å². The molecule has 2 heterocycles. The Balaban J connectivity index is 0.000000416. The molecule has 2 aliphatic heterocycles. The summed E-state index contributed by atoms with van der Waals surface area (Å²) in [5.74, 6) is 0.618. The predicted octanol–water partition coefficient (Wildman–Crippen LogP) is 4.25. The van der Waals surface area contributed by atoms with E-state index in [0.717, 1.165) is 39.1 Å². The minimum absolute atomic E-state index is 0.170. The molecule has 0 bridgehead atoms. The first kappa shape index (κ1) is 20.0. The van der Waals surface area contributed by atoms with E-state index in [-0.39, 0.29) is 11.7 Å². The third-order valence-corrected chi connectivity index (χ3v) is 2.89. The molecule has 4 nitrogen and oxygen atoms in total. The number of ether oxygens (including phenoxy) is 2. The lowest BCUT2D eigenvalue weighted by Gasteiger charge is -2.24. The van der Waals surface area contributed by atoms with Crippen LogP contribution in [0.25, 0.3) is 0 Å². The zero-order chi connectivity index (χ0) is 16.3. The van der Waals surface area contributed by atoms with E-state index in [1.165, 1.54) is 0 Å². The fraction of sp³-hybridized carbons (Fsp3) is 0.824. The van der Waals surface area contributed by atoms with Gasteiger partial charge in [0, 0.05) is 13.1 Å². The number of rotatable bonds is 0. The van der Waals surface area contributed by atoms with E-state index in [9.17, 15) is 4.79 Å². The van der Waals surface area contributed by atoms with Gasteiger partial charge in [0.1, 0.15) is 5.60 Å². The summed E-state index contributed by atoms with van der Waals surface area (Å²) >= 11 is 0. The monoisotopic (exact) mass is 299 g/mol. The molecule has 0 aliphatic carbocycles. The van der Waals surface area contributed by atoms with Crippen LogP contribution in [0.4, 0.5) is 4.79 Å². The second kappa shape index (κ2) is 10.7. The van der Waals surface area contributed by atoms with Gasteiger partial charge < -0.3 is 14.4 Å². The highest BCUT2D eigenvalue weighted by Gasteiger charge is 2.27. The zero-order valence-corrected chi connectivity index (χ0v) is 14.6. The molecule has 0 aromatic carbocycles. The predicted molar refractivity (Wildman–Crippen MR) is 87.5 cm³/mol. The Morgan fingerprint density at radius 1 is 1.29 bits per heavy atom. The Bertz CT molecular complexity index is 300. The van der Waals surface area contributed by atoms with Crippen LogP contribution in [0.2, 0.25) is 0 Å². The largest absolute Gasteiger partial charge is 0.444 e. The van der Waals surface area contributed by atoms with Crippen molar-refractivity contribution in [1.29, 1.82) is 0 Å². The number of likely N-dealkylation sites (tertiary alicyclic amines) is 1. The van der Waals surface area contributed by atoms with E-state index < -0.39 is 0 Å². The van der Waals surface area contributed by atoms with Crippen molar-refractivity contribution in [2.24, 2.45) is 5.92 Å². The van der Waals surface area contributed by atoms with Crippen molar-refractivity contribution < 1.29 is 14.3 Å². The van der Waals surface area contributed by atoms with E-state index in [2.05, 4.69) is 13.0 Å². The molecular formula is C17H33NO3. The zero-order valence-electron chi connectivity index (χ0n) is 14.6. The number of carbonyl (C=O) groups is 1. The lowest BCUT2D eigenvalue weighted by Crippen LogP contribution is -2.35. The molecule has 2 aliphatic rings. The highest BCUT2D eigenvalue weighted by Crippen LogP contribution is 2.18. The second-order valence-corrected chi connectivity index (χ2v) is 6.16. The van der Waals surface area contributed by atoms with E-state index in [1.807, 2.05) is 40.7 Å². The molecule has 0 spiro atoms. The fourth-order valence-corrected chi connectivity index (χ4v) is 1.92. The van der Waals surface area contributed by atoms with Crippen LogP contribution in [0.5, 0.6) is 0 Å². The van der Waals surface area contributed by atoms with Crippen molar-refractivity contribution in [2.45, 2.75) is 60.0 Å². The van der Waals surface area contributed by atoms with Crippen LogP contribution in [0, 0.1) is 5.92 Å². The van der Waals surface area contributed by atoms with Crippen LogP contribution < -0.4 is 0 Å². The van der Waals surface area contributed by atoms with E-state index in [1.54, 1.807) is 4.90 Å². The quantitative estimate of drug-likeness (QED) is 0.628. The Morgan fingerprint density at radius 3 is 2.24 bits per heavy atom. The van der Waals surface area contributed by atoms with Gasteiger partial charge in [-0.05, 0) is 39.5 Å². The highest BCUT2D eigenvalue weighted by atomic mass is 16.6. The van der Waals surface area contributed by atoms with Crippen LogP contribution in [-0.4, -0.2) is 42.9 Å². The summed E-state index contributed by atoms with van der Waals surface area (Å²) in [7, 11) is 0. The number of nitrogens with zero attached hydrogens (tertiary/aromatic N) is 1. The van der Waals surface area contributed by atoms with Crippen LogP contribution in [0.1, 0.15) is 54.4 Å². The summed E-state index contributed by atoms with van der Waals surface area (Å²) in [5, 5.41) is 0. The number of hydrogen-bond acceptors (Lipinski definition) is 3. The van der Waals surface area contributed by atoms with Crippen molar-refractivity contribution in [2.75, 3.05) is 26.3 Å². The average Bonchev–Trinajstić information content (AvgIpc) is 2.89. The molecule has 0 aromatic rings. The van der Waals surface area contributed by atoms with Gasteiger partial charge >= 0.3 is 6.09 Å². The van der Waals surface area contributed by atoms with Gasteiger partial charge in [-0.2, -0.15) is 0 Å². The van der Waals surface area contributed by atoms with Crippen molar-refractivity contribution in [3.63, 3.8) is 0 Å². The number of carbonyl (C=O) groups excluding carboxylic acids is 1. The molecule has 0 radical (unpaired) electrons.